The van der Waals surface area contributed by atoms with Crippen molar-refractivity contribution in [1.82, 2.24) is 0 Å². The Bertz CT molecular complexity index is 533. The second-order valence-electron chi connectivity index (χ2n) is 6.93. The van der Waals surface area contributed by atoms with E-state index in [1.807, 2.05) is 0 Å². The van der Waals surface area contributed by atoms with Gasteiger partial charge in [0, 0.05) is 25.0 Å². The lowest BCUT2D eigenvalue weighted by atomic mass is 9.60. The van der Waals surface area contributed by atoms with Crippen LogP contribution in [0.15, 0.2) is 12.7 Å². The highest BCUT2D eigenvalue weighted by Crippen LogP contribution is 2.49. The summed E-state index contributed by atoms with van der Waals surface area (Å²) in [4.78, 5) is 12.3. The molecule has 0 fully saturated rings. The van der Waals surface area contributed by atoms with E-state index in [9.17, 15) is 28.5 Å². The van der Waals surface area contributed by atoms with E-state index < -0.39 is 32.8 Å². The monoisotopic (exact) mass is 368 g/mol. The van der Waals surface area contributed by atoms with Crippen LogP contribution in [0.4, 0.5) is 0 Å². The van der Waals surface area contributed by atoms with Crippen LogP contribution in [-0.2, 0) is 14.9 Å². The Labute approximate surface area is 143 Å². The molecule has 1 atom stereocenters. The first kappa shape index (κ1) is 23.0. The zero-order valence-corrected chi connectivity index (χ0v) is 15.4. The molecule has 0 amide bonds. The van der Waals surface area contributed by atoms with Crippen LogP contribution < -0.4 is 0 Å². The van der Waals surface area contributed by atoms with Gasteiger partial charge in [-0.15, -0.1) is 6.58 Å². The number of carboxylic acid groups (broad SMARTS) is 1. The number of rotatable bonds is 12. The van der Waals surface area contributed by atoms with Gasteiger partial charge in [0.25, 0.3) is 10.1 Å². The molecule has 9 heteroatoms. The van der Waals surface area contributed by atoms with Crippen molar-refractivity contribution in [3.8, 4) is 0 Å². The maximum atomic E-state index is 12.3. The Morgan fingerprint density at radius 3 is 1.83 bits per heavy atom. The predicted octanol–water partition coefficient (Wildman–Crippen LogP) is 0.121. The fourth-order valence-corrected chi connectivity index (χ4v) is 4.41. The third-order valence-electron chi connectivity index (χ3n) is 4.84. The second-order valence-corrected chi connectivity index (χ2v) is 8.51. The number of hydrogen-bond acceptors (Lipinski definition) is 5. The Hall–Kier alpha value is -1.00. The van der Waals surface area contributed by atoms with Crippen molar-refractivity contribution in [3.05, 3.63) is 12.7 Å². The molecule has 0 saturated carbocycles. The van der Waals surface area contributed by atoms with Crippen molar-refractivity contribution in [2.24, 2.45) is 5.41 Å². The molecule has 0 bridgehead atoms. The standard InChI is InChI=1S/C15H29NO7S/c1-5-6-15(13(19)20,16(2,3)4)14(7-10-17,8-11-18)9-12-24(21,22)23/h5,17-18H,1,6-12H2,2-4H3,(H-,19,20,21,22,23)/p+1. The zero-order chi connectivity index (χ0) is 19.2. The Morgan fingerprint density at radius 1 is 1.12 bits per heavy atom. The summed E-state index contributed by atoms with van der Waals surface area (Å²) in [5, 5.41) is 29.1. The number of likely N-dealkylation sites (N-methyl/N-ethyl adjacent to an activating group) is 1. The fourth-order valence-electron chi connectivity index (χ4n) is 3.76. The molecule has 0 aliphatic heterocycles. The van der Waals surface area contributed by atoms with Gasteiger partial charge in [0.1, 0.15) is 0 Å². The molecule has 0 saturated heterocycles. The van der Waals surface area contributed by atoms with Crippen LogP contribution in [-0.4, -0.2) is 84.4 Å². The molecule has 0 heterocycles. The Balaban J connectivity index is 6.53. The molecular weight excluding hydrogens is 338 g/mol. The maximum Gasteiger partial charge on any atom is 0.366 e. The van der Waals surface area contributed by atoms with Crippen molar-refractivity contribution in [3.63, 3.8) is 0 Å². The molecule has 0 radical (unpaired) electrons. The average Bonchev–Trinajstić information content (AvgIpc) is 2.40. The Kier molecular flexibility index (Phi) is 8.04. The van der Waals surface area contributed by atoms with Crippen LogP contribution in [0.25, 0.3) is 0 Å². The van der Waals surface area contributed by atoms with Gasteiger partial charge in [-0.1, -0.05) is 6.08 Å². The summed E-state index contributed by atoms with van der Waals surface area (Å²) in [7, 11) is 0.654. The third-order valence-corrected chi connectivity index (χ3v) is 5.56. The lowest BCUT2D eigenvalue weighted by Gasteiger charge is -2.54. The first-order valence-corrected chi connectivity index (χ1v) is 9.27. The van der Waals surface area contributed by atoms with Crippen LogP contribution in [0, 0.1) is 5.41 Å². The minimum absolute atomic E-state index is 0.0112. The molecule has 8 nitrogen and oxygen atoms in total. The fraction of sp³-hybridized carbons (Fsp3) is 0.800. The second kappa shape index (κ2) is 8.39. The first-order valence-electron chi connectivity index (χ1n) is 7.66. The molecule has 142 valence electrons. The summed E-state index contributed by atoms with van der Waals surface area (Å²) < 4.78 is 31.6. The number of carboxylic acids is 1. The number of nitrogens with zero attached hydrogens (tertiary/aromatic N) is 1. The number of aliphatic hydroxyl groups excluding tert-OH is 2. The summed E-state index contributed by atoms with van der Waals surface area (Å²) in [5.41, 5.74) is -2.80. The van der Waals surface area contributed by atoms with Crippen molar-refractivity contribution < 1.29 is 37.6 Å². The molecule has 4 N–H and O–H groups in total. The summed E-state index contributed by atoms with van der Waals surface area (Å²) in [6, 6.07) is 0. The van der Waals surface area contributed by atoms with Gasteiger partial charge < -0.3 is 19.8 Å². The molecule has 0 aliphatic rings. The topological polar surface area (TPSA) is 132 Å². The molecule has 0 aliphatic carbocycles. The van der Waals surface area contributed by atoms with Crippen molar-refractivity contribution in [2.45, 2.75) is 31.2 Å². The van der Waals surface area contributed by atoms with E-state index in [1.165, 1.54) is 6.08 Å². The van der Waals surface area contributed by atoms with Crippen LogP contribution in [0.1, 0.15) is 25.7 Å². The van der Waals surface area contributed by atoms with E-state index in [4.69, 9.17) is 4.55 Å². The smallest absolute Gasteiger partial charge is 0.366 e. The first-order chi connectivity index (χ1) is 10.8. The van der Waals surface area contributed by atoms with Crippen LogP contribution >= 0.6 is 0 Å². The van der Waals surface area contributed by atoms with E-state index in [0.717, 1.165) is 0 Å². The molecule has 0 aromatic carbocycles. The van der Waals surface area contributed by atoms with Gasteiger partial charge >= 0.3 is 5.97 Å². The van der Waals surface area contributed by atoms with Gasteiger partial charge in [-0.2, -0.15) is 8.42 Å². The van der Waals surface area contributed by atoms with E-state index >= 15 is 0 Å². The highest BCUT2D eigenvalue weighted by Gasteiger charge is 2.63. The van der Waals surface area contributed by atoms with Gasteiger partial charge in [0.05, 0.1) is 26.9 Å². The zero-order valence-electron chi connectivity index (χ0n) is 14.6. The molecule has 1 unspecified atom stereocenters. The summed E-state index contributed by atoms with van der Waals surface area (Å²) in [6.07, 6.45) is 1.19. The van der Waals surface area contributed by atoms with E-state index in [0.29, 0.717) is 0 Å². The van der Waals surface area contributed by atoms with Crippen molar-refractivity contribution in [1.29, 1.82) is 0 Å². The number of hydrogen-bond donors (Lipinski definition) is 4. The number of carbonyl (C=O) groups is 1. The third kappa shape index (κ3) is 4.76. The van der Waals surface area contributed by atoms with Gasteiger partial charge in [0.15, 0.2) is 0 Å². The van der Waals surface area contributed by atoms with Crippen molar-refractivity contribution in [2.75, 3.05) is 40.1 Å². The largest absolute Gasteiger partial charge is 0.477 e. The SMILES string of the molecule is C=CCC(C(=O)O)(C(CCO)(CCO)CCS(=O)(=O)O)[N+](C)(C)C. The van der Waals surface area contributed by atoms with E-state index in [1.54, 1.807) is 21.1 Å². The number of quaternary nitrogens is 1. The Morgan fingerprint density at radius 2 is 1.58 bits per heavy atom. The lowest BCUT2D eigenvalue weighted by Crippen LogP contribution is -2.71. The quantitative estimate of drug-likeness (QED) is 0.218. The van der Waals surface area contributed by atoms with E-state index in [-0.39, 0.29) is 43.4 Å². The van der Waals surface area contributed by atoms with Crippen molar-refractivity contribution >= 4 is 16.1 Å². The molecule has 0 aromatic heterocycles. The summed E-state index contributed by atoms with van der Waals surface area (Å²) >= 11 is 0. The molecule has 0 rings (SSSR count). The van der Waals surface area contributed by atoms with Gasteiger partial charge in [-0.3, -0.25) is 4.55 Å². The predicted molar refractivity (Wildman–Crippen MR) is 90.1 cm³/mol. The number of aliphatic carboxylic acids is 1. The van der Waals surface area contributed by atoms with Crippen LogP contribution in [0.3, 0.4) is 0 Å². The maximum absolute atomic E-state index is 12.3. The minimum atomic E-state index is -4.33. The van der Waals surface area contributed by atoms with Gasteiger partial charge in [-0.25, -0.2) is 4.79 Å². The normalized spacial score (nSPS) is 15.8. The average molecular weight is 368 g/mol. The lowest BCUT2D eigenvalue weighted by molar-refractivity contribution is -0.923. The van der Waals surface area contributed by atoms with Crippen LogP contribution in [0.5, 0.6) is 0 Å². The highest BCUT2D eigenvalue weighted by atomic mass is 32.2. The molecule has 0 spiro atoms. The van der Waals surface area contributed by atoms with Crippen LogP contribution in [0.2, 0.25) is 0 Å². The summed E-state index contributed by atoms with van der Waals surface area (Å²) in [6.45, 7) is 2.86. The molecule has 24 heavy (non-hydrogen) atoms. The highest BCUT2D eigenvalue weighted by molar-refractivity contribution is 7.85. The van der Waals surface area contributed by atoms with E-state index in [2.05, 4.69) is 6.58 Å². The summed E-state index contributed by atoms with van der Waals surface area (Å²) in [5.74, 6) is -1.83. The van der Waals surface area contributed by atoms with Gasteiger partial charge in [-0.05, 0) is 19.3 Å². The van der Waals surface area contributed by atoms with Gasteiger partial charge in [0.2, 0.25) is 5.54 Å². The molecule has 0 aromatic rings. The minimum Gasteiger partial charge on any atom is -0.477 e. The number of aliphatic hydroxyl groups is 2. The molecular formula is C15H30NO7S+.